The second-order valence-electron chi connectivity index (χ2n) is 6.02. The Balaban J connectivity index is 1.97. The Morgan fingerprint density at radius 2 is 1.76 bits per heavy atom. The molecule has 3 rings (SSSR count). The van der Waals surface area contributed by atoms with Crippen LogP contribution in [0.2, 0.25) is 0 Å². The van der Waals surface area contributed by atoms with Crippen molar-refractivity contribution >= 4 is 31.2 Å². The van der Waals surface area contributed by atoms with Crippen molar-refractivity contribution < 1.29 is 39.5 Å². The minimum Gasteiger partial charge on any atom is -0.488 e. The molecule has 0 unspecified atom stereocenters. The SMILES string of the molecule is CS(=O)(=O)c1cc2c(c(S(=O)(=O)Nc3ccc(OC(F)(F)F)cc3)c1)OCCN2. The number of alkyl halides is 3. The average molecular weight is 452 g/mol. The van der Waals surface area contributed by atoms with Gasteiger partial charge in [0.05, 0.1) is 10.6 Å². The maximum absolute atomic E-state index is 12.8. The highest BCUT2D eigenvalue weighted by Crippen LogP contribution is 2.38. The Kier molecular flexibility index (Phi) is 5.30. The lowest BCUT2D eigenvalue weighted by molar-refractivity contribution is -0.274. The molecule has 0 atom stereocenters. The van der Waals surface area contributed by atoms with Crippen LogP contribution in [0, 0.1) is 0 Å². The van der Waals surface area contributed by atoms with E-state index in [-0.39, 0.29) is 28.6 Å². The number of sulfonamides is 1. The minimum absolute atomic E-state index is 0.0480. The molecular weight excluding hydrogens is 437 g/mol. The van der Waals surface area contributed by atoms with Gasteiger partial charge in [-0.2, -0.15) is 0 Å². The smallest absolute Gasteiger partial charge is 0.488 e. The monoisotopic (exact) mass is 452 g/mol. The molecule has 0 aliphatic carbocycles. The maximum Gasteiger partial charge on any atom is 0.573 e. The molecule has 29 heavy (non-hydrogen) atoms. The van der Waals surface area contributed by atoms with E-state index in [4.69, 9.17) is 4.74 Å². The van der Waals surface area contributed by atoms with Crippen molar-refractivity contribution in [3.05, 3.63) is 36.4 Å². The molecule has 2 aromatic carbocycles. The lowest BCUT2D eigenvalue weighted by Crippen LogP contribution is -2.22. The molecule has 0 spiro atoms. The predicted molar refractivity (Wildman–Crippen MR) is 97.5 cm³/mol. The maximum atomic E-state index is 12.8. The average Bonchev–Trinajstić information content (AvgIpc) is 2.60. The van der Waals surface area contributed by atoms with Crippen LogP contribution in [-0.2, 0) is 19.9 Å². The van der Waals surface area contributed by atoms with Crippen molar-refractivity contribution in [2.24, 2.45) is 0 Å². The number of hydrogen-bond donors (Lipinski definition) is 2. The van der Waals surface area contributed by atoms with Gasteiger partial charge in [-0.05, 0) is 36.4 Å². The van der Waals surface area contributed by atoms with Gasteiger partial charge in [0, 0.05) is 18.5 Å². The van der Waals surface area contributed by atoms with Gasteiger partial charge in [0.2, 0.25) is 0 Å². The molecule has 1 aliphatic heterocycles. The zero-order chi connectivity index (χ0) is 21.4. The van der Waals surface area contributed by atoms with Crippen LogP contribution in [0.1, 0.15) is 0 Å². The Bertz CT molecular complexity index is 1130. The summed E-state index contributed by atoms with van der Waals surface area (Å²) in [5.74, 6) is -0.572. The lowest BCUT2D eigenvalue weighted by atomic mass is 10.2. The third-order valence-corrected chi connectivity index (χ3v) is 6.23. The molecule has 1 heterocycles. The van der Waals surface area contributed by atoms with Crippen molar-refractivity contribution in [1.29, 1.82) is 0 Å². The molecule has 2 N–H and O–H groups in total. The quantitative estimate of drug-likeness (QED) is 0.717. The van der Waals surface area contributed by atoms with Crippen molar-refractivity contribution in [3.8, 4) is 11.5 Å². The van der Waals surface area contributed by atoms with Crippen LogP contribution in [0.5, 0.6) is 11.5 Å². The van der Waals surface area contributed by atoms with Crippen molar-refractivity contribution in [3.63, 3.8) is 0 Å². The zero-order valence-corrected chi connectivity index (χ0v) is 16.4. The number of benzene rings is 2. The third-order valence-electron chi connectivity index (χ3n) is 3.75. The van der Waals surface area contributed by atoms with Crippen LogP contribution in [0.3, 0.4) is 0 Å². The number of anilines is 2. The summed E-state index contributed by atoms with van der Waals surface area (Å²) in [6, 6.07) is 6.25. The standard InChI is InChI=1S/C16H15F3N2O6S2/c1-28(22,23)12-8-13-15(26-7-6-20-13)14(9-12)29(24,25)21-10-2-4-11(5-3-10)27-16(17,18)19/h2-5,8-9,20-21H,6-7H2,1H3. The highest BCUT2D eigenvalue weighted by Gasteiger charge is 2.31. The lowest BCUT2D eigenvalue weighted by Gasteiger charge is -2.23. The molecule has 0 saturated carbocycles. The van der Waals surface area contributed by atoms with Gasteiger partial charge < -0.3 is 14.8 Å². The Labute approximate surface area is 164 Å². The van der Waals surface area contributed by atoms with Crippen LogP contribution in [0.4, 0.5) is 24.5 Å². The van der Waals surface area contributed by atoms with E-state index in [1.165, 1.54) is 6.07 Å². The summed E-state index contributed by atoms with van der Waals surface area (Å²) >= 11 is 0. The first-order valence-corrected chi connectivity index (χ1v) is 11.4. The molecule has 2 aromatic rings. The van der Waals surface area contributed by atoms with E-state index < -0.39 is 36.9 Å². The molecule has 0 amide bonds. The molecule has 1 aliphatic rings. The molecule has 13 heteroatoms. The summed E-state index contributed by atoms with van der Waals surface area (Å²) in [5.41, 5.74) is 0.148. The van der Waals surface area contributed by atoms with Gasteiger partial charge in [-0.3, -0.25) is 4.72 Å². The summed E-state index contributed by atoms with van der Waals surface area (Å²) in [4.78, 5) is -0.651. The van der Waals surface area contributed by atoms with Crippen LogP contribution in [0.25, 0.3) is 0 Å². The van der Waals surface area contributed by atoms with Gasteiger partial charge in [-0.15, -0.1) is 13.2 Å². The number of sulfone groups is 1. The minimum atomic E-state index is -4.88. The van der Waals surface area contributed by atoms with Crippen LogP contribution in [0.15, 0.2) is 46.2 Å². The molecule has 0 saturated heterocycles. The van der Waals surface area contributed by atoms with E-state index in [9.17, 15) is 30.0 Å². The molecule has 0 radical (unpaired) electrons. The van der Waals surface area contributed by atoms with Gasteiger partial charge in [0.1, 0.15) is 17.3 Å². The Hall–Kier alpha value is -2.67. The molecule has 0 aromatic heterocycles. The molecule has 158 valence electrons. The third kappa shape index (κ3) is 5.03. The first-order chi connectivity index (χ1) is 13.4. The Morgan fingerprint density at radius 3 is 2.34 bits per heavy atom. The number of hydrogen-bond acceptors (Lipinski definition) is 7. The van der Waals surface area contributed by atoms with Crippen LogP contribution >= 0.6 is 0 Å². The highest BCUT2D eigenvalue weighted by atomic mass is 32.2. The van der Waals surface area contributed by atoms with Gasteiger partial charge in [0.25, 0.3) is 10.0 Å². The van der Waals surface area contributed by atoms with Crippen molar-refractivity contribution in [2.75, 3.05) is 29.4 Å². The van der Waals surface area contributed by atoms with Crippen LogP contribution in [-0.4, -0.2) is 42.6 Å². The first-order valence-electron chi connectivity index (χ1n) is 7.98. The van der Waals surface area contributed by atoms with E-state index in [1.807, 2.05) is 0 Å². The molecular formula is C16H15F3N2O6S2. The normalized spacial score (nSPS) is 14.3. The fourth-order valence-electron chi connectivity index (χ4n) is 2.54. The molecule has 0 fully saturated rings. The largest absolute Gasteiger partial charge is 0.573 e. The van der Waals surface area contributed by atoms with E-state index in [0.717, 1.165) is 36.6 Å². The number of halogens is 3. The fraction of sp³-hybridized carbons (Fsp3) is 0.250. The second kappa shape index (κ2) is 7.30. The van der Waals surface area contributed by atoms with Crippen LogP contribution < -0.4 is 19.5 Å². The van der Waals surface area contributed by atoms with Crippen molar-refractivity contribution in [2.45, 2.75) is 16.2 Å². The first kappa shape index (κ1) is 21.0. The molecule has 8 nitrogen and oxygen atoms in total. The van der Waals surface area contributed by atoms with Gasteiger partial charge in [-0.25, -0.2) is 16.8 Å². The van der Waals surface area contributed by atoms with Gasteiger partial charge >= 0.3 is 6.36 Å². The number of fused-ring (bicyclic) bond motifs is 1. The number of nitrogens with one attached hydrogen (secondary N) is 2. The predicted octanol–water partition coefficient (Wildman–Crippen LogP) is 2.59. The summed E-state index contributed by atoms with van der Waals surface area (Å²) in [6.45, 7) is 0.519. The van der Waals surface area contributed by atoms with Gasteiger partial charge in [0.15, 0.2) is 15.6 Å². The van der Waals surface area contributed by atoms with Crippen molar-refractivity contribution in [1.82, 2.24) is 0 Å². The summed E-state index contributed by atoms with van der Waals surface area (Å²) in [7, 11) is -8.05. The Morgan fingerprint density at radius 1 is 1.10 bits per heavy atom. The van der Waals surface area contributed by atoms with E-state index in [2.05, 4.69) is 14.8 Å². The fourth-order valence-corrected chi connectivity index (χ4v) is 4.53. The topological polar surface area (TPSA) is 111 Å². The number of ether oxygens (including phenoxy) is 2. The van der Waals surface area contributed by atoms with E-state index >= 15 is 0 Å². The second-order valence-corrected chi connectivity index (χ2v) is 9.69. The molecule has 0 bridgehead atoms. The zero-order valence-electron chi connectivity index (χ0n) is 14.8. The number of rotatable bonds is 5. The summed E-state index contributed by atoms with van der Waals surface area (Å²) < 4.78 is 97.5. The van der Waals surface area contributed by atoms with Gasteiger partial charge in [-0.1, -0.05) is 0 Å². The summed E-state index contributed by atoms with van der Waals surface area (Å²) in [6.07, 6.45) is -3.95. The van der Waals surface area contributed by atoms with E-state index in [0.29, 0.717) is 6.54 Å². The highest BCUT2D eigenvalue weighted by molar-refractivity contribution is 7.93. The summed E-state index contributed by atoms with van der Waals surface area (Å²) in [5, 5.41) is 2.88. The van der Waals surface area contributed by atoms with E-state index in [1.54, 1.807) is 0 Å².